The average Bonchev–Trinajstić information content (AvgIpc) is 2.05. The molecule has 0 bridgehead atoms. The van der Waals surface area contributed by atoms with E-state index in [1.165, 1.54) is 0 Å². The Kier molecular flexibility index (Phi) is 3.94. The molecule has 3 nitrogen and oxygen atoms in total. The smallest absolute Gasteiger partial charge is 0.407 e. The van der Waals surface area contributed by atoms with Gasteiger partial charge in [-0.1, -0.05) is 12.8 Å². The lowest BCUT2D eigenvalue weighted by molar-refractivity contribution is 0.0451. The van der Waals surface area contributed by atoms with Crippen LogP contribution in [0.5, 0.6) is 0 Å². The van der Waals surface area contributed by atoms with E-state index in [-0.39, 0.29) is 6.04 Å². The number of ether oxygens (including phenoxy) is 1. The van der Waals surface area contributed by atoms with Crippen LogP contribution in [0.1, 0.15) is 46.5 Å². The minimum Gasteiger partial charge on any atom is -0.444 e. The molecule has 88 valence electrons. The van der Waals surface area contributed by atoms with Gasteiger partial charge in [-0.2, -0.15) is 0 Å². The first-order valence-electron chi connectivity index (χ1n) is 5.52. The van der Waals surface area contributed by atoms with E-state index in [2.05, 4.69) is 5.32 Å². The van der Waals surface area contributed by atoms with Crippen molar-refractivity contribution in [2.45, 2.75) is 64.3 Å². The number of hydrogen-bond donors (Lipinski definition) is 1. The van der Waals surface area contributed by atoms with Crippen molar-refractivity contribution in [3.63, 3.8) is 0 Å². The summed E-state index contributed by atoms with van der Waals surface area (Å²) in [6.45, 7) is 5.38. The summed E-state index contributed by atoms with van der Waals surface area (Å²) in [6, 6.07) is -0.367. The maximum absolute atomic E-state index is 13.4. The van der Waals surface area contributed by atoms with E-state index in [9.17, 15) is 9.18 Å². The van der Waals surface area contributed by atoms with Gasteiger partial charge in [-0.15, -0.1) is 0 Å². The predicted molar refractivity (Wildman–Crippen MR) is 56.5 cm³/mol. The summed E-state index contributed by atoms with van der Waals surface area (Å²) >= 11 is 0. The first-order chi connectivity index (χ1) is 6.88. The van der Waals surface area contributed by atoms with Gasteiger partial charge in [0.1, 0.15) is 11.8 Å². The topological polar surface area (TPSA) is 38.3 Å². The van der Waals surface area contributed by atoms with E-state index in [0.717, 1.165) is 12.8 Å². The summed E-state index contributed by atoms with van der Waals surface area (Å²) in [4.78, 5) is 11.4. The third-order valence-corrected chi connectivity index (χ3v) is 2.38. The monoisotopic (exact) mass is 217 g/mol. The van der Waals surface area contributed by atoms with Crippen LogP contribution in [0.2, 0.25) is 0 Å². The fourth-order valence-corrected chi connectivity index (χ4v) is 1.71. The summed E-state index contributed by atoms with van der Waals surface area (Å²) in [5, 5.41) is 2.59. The summed E-state index contributed by atoms with van der Waals surface area (Å²) < 4.78 is 18.4. The average molecular weight is 217 g/mol. The molecule has 1 amide bonds. The van der Waals surface area contributed by atoms with Gasteiger partial charge in [0.15, 0.2) is 0 Å². The van der Waals surface area contributed by atoms with E-state index in [1.54, 1.807) is 20.8 Å². The molecule has 0 aromatic rings. The molecule has 0 aromatic heterocycles. The molecule has 0 aliphatic heterocycles. The first kappa shape index (κ1) is 12.3. The Morgan fingerprint density at radius 2 is 1.93 bits per heavy atom. The largest absolute Gasteiger partial charge is 0.444 e. The van der Waals surface area contributed by atoms with Crippen molar-refractivity contribution in [2.24, 2.45) is 0 Å². The Labute approximate surface area is 90.4 Å². The number of carbonyl (C=O) groups excluding carboxylic acids is 1. The second-order valence-electron chi connectivity index (χ2n) is 5.05. The number of rotatable bonds is 1. The number of amides is 1. The summed E-state index contributed by atoms with van der Waals surface area (Å²) in [6.07, 6.45) is 1.69. The van der Waals surface area contributed by atoms with Gasteiger partial charge in [-0.05, 0) is 33.6 Å². The highest BCUT2D eigenvalue weighted by Crippen LogP contribution is 2.21. The zero-order valence-electron chi connectivity index (χ0n) is 9.68. The molecule has 1 aliphatic rings. The van der Waals surface area contributed by atoms with Crippen LogP contribution in [0.25, 0.3) is 0 Å². The summed E-state index contributed by atoms with van der Waals surface area (Å²) in [5.74, 6) is 0. The third kappa shape index (κ3) is 4.49. The molecule has 15 heavy (non-hydrogen) atoms. The van der Waals surface area contributed by atoms with Gasteiger partial charge < -0.3 is 10.1 Å². The van der Waals surface area contributed by atoms with Crippen molar-refractivity contribution in [3.8, 4) is 0 Å². The van der Waals surface area contributed by atoms with Crippen LogP contribution in [-0.2, 0) is 4.74 Å². The lowest BCUT2D eigenvalue weighted by Crippen LogP contribution is -2.45. The van der Waals surface area contributed by atoms with E-state index < -0.39 is 17.9 Å². The van der Waals surface area contributed by atoms with Gasteiger partial charge in [0.05, 0.1) is 6.04 Å². The number of carbonyl (C=O) groups is 1. The maximum Gasteiger partial charge on any atom is 0.407 e. The van der Waals surface area contributed by atoms with Crippen LogP contribution in [0.3, 0.4) is 0 Å². The molecule has 1 rings (SSSR count). The molecule has 1 fully saturated rings. The van der Waals surface area contributed by atoms with Crippen molar-refractivity contribution < 1.29 is 13.9 Å². The highest BCUT2D eigenvalue weighted by atomic mass is 19.1. The summed E-state index contributed by atoms with van der Waals surface area (Å²) in [5.41, 5.74) is -0.523. The third-order valence-electron chi connectivity index (χ3n) is 2.38. The quantitative estimate of drug-likeness (QED) is 0.733. The maximum atomic E-state index is 13.4. The number of alkyl halides is 1. The Hall–Kier alpha value is -0.800. The molecule has 0 aromatic carbocycles. The zero-order valence-corrected chi connectivity index (χ0v) is 9.68. The Morgan fingerprint density at radius 3 is 2.47 bits per heavy atom. The van der Waals surface area contributed by atoms with E-state index >= 15 is 0 Å². The number of hydrogen-bond acceptors (Lipinski definition) is 2. The van der Waals surface area contributed by atoms with Crippen LogP contribution < -0.4 is 5.32 Å². The van der Waals surface area contributed by atoms with Crippen molar-refractivity contribution in [1.82, 2.24) is 5.32 Å². The molecular formula is C11H20FNO2. The van der Waals surface area contributed by atoms with Gasteiger partial charge in [0, 0.05) is 0 Å². The molecule has 4 heteroatoms. The Balaban J connectivity index is 2.36. The fraction of sp³-hybridized carbons (Fsp3) is 0.909. The molecule has 1 N–H and O–H groups in total. The SMILES string of the molecule is CC(C)(C)OC(=O)N[C@@H]1CCCC[C@@H]1F. The van der Waals surface area contributed by atoms with E-state index in [4.69, 9.17) is 4.74 Å². The number of nitrogens with one attached hydrogen (secondary N) is 1. The minimum atomic E-state index is -0.925. The predicted octanol–water partition coefficient (Wildman–Crippen LogP) is 2.79. The Bertz CT molecular complexity index is 225. The van der Waals surface area contributed by atoms with Crippen LogP contribution >= 0.6 is 0 Å². The molecule has 0 spiro atoms. The molecule has 0 unspecified atom stereocenters. The second-order valence-corrected chi connectivity index (χ2v) is 5.05. The van der Waals surface area contributed by atoms with E-state index in [0.29, 0.717) is 12.8 Å². The van der Waals surface area contributed by atoms with Crippen LogP contribution in [0.15, 0.2) is 0 Å². The van der Waals surface area contributed by atoms with Crippen LogP contribution in [0.4, 0.5) is 9.18 Å². The normalized spacial score (nSPS) is 27.2. The van der Waals surface area contributed by atoms with E-state index in [1.807, 2.05) is 0 Å². The Morgan fingerprint density at radius 1 is 1.33 bits per heavy atom. The van der Waals surface area contributed by atoms with Gasteiger partial charge in [-0.25, -0.2) is 9.18 Å². The van der Waals surface area contributed by atoms with Crippen LogP contribution in [-0.4, -0.2) is 23.9 Å². The van der Waals surface area contributed by atoms with Crippen molar-refractivity contribution in [1.29, 1.82) is 0 Å². The van der Waals surface area contributed by atoms with Gasteiger partial charge in [-0.3, -0.25) is 0 Å². The number of halogens is 1. The van der Waals surface area contributed by atoms with Crippen molar-refractivity contribution in [3.05, 3.63) is 0 Å². The zero-order chi connectivity index (χ0) is 11.5. The lowest BCUT2D eigenvalue weighted by Gasteiger charge is -2.28. The molecule has 0 saturated heterocycles. The fourth-order valence-electron chi connectivity index (χ4n) is 1.71. The second kappa shape index (κ2) is 4.81. The van der Waals surface area contributed by atoms with Gasteiger partial charge >= 0.3 is 6.09 Å². The van der Waals surface area contributed by atoms with Gasteiger partial charge in [0.2, 0.25) is 0 Å². The summed E-state index contributed by atoms with van der Waals surface area (Å²) in [7, 11) is 0. The molecule has 0 heterocycles. The standard InChI is InChI=1S/C11H20FNO2/c1-11(2,3)15-10(14)13-9-7-5-4-6-8(9)12/h8-9H,4-7H2,1-3H3,(H,13,14)/t8-,9+/m0/s1. The van der Waals surface area contributed by atoms with Gasteiger partial charge in [0.25, 0.3) is 0 Å². The molecular weight excluding hydrogens is 197 g/mol. The molecule has 0 radical (unpaired) electrons. The highest BCUT2D eigenvalue weighted by Gasteiger charge is 2.27. The number of alkyl carbamates (subject to hydrolysis) is 1. The highest BCUT2D eigenvalue weighted by molar-refractivity contribution is 5.68. The molecule has 2 atom stereocenters. The molecule has 1 saturated carbocycles. The van der Waals surface area contributed by atoms with Crippen molar-refractivity contribution in [2.75, 3.05) is 0 Å². The van der Waals surface area contributed by atoms with Crippen LogP contribution in [0, 0.1) is 0 Å². The lowest BCUT2D eigenvalue weighted by atomic mass is 9.94. The minimum absolute atomic E-state index is 0.367. The van der Waals surface area contributed by atoms with Crippen molar-refractivity contribution >= 4 is 6.09 Å². The first-order valence-corrected chi connectivity index (χ1v) is 5.52. The molecule has 1 aliphatic carbocycles.